The Morgan fingerprint density at radius 2 is 1.66 bits per heavy atom. The minimum atomic E-state index is -0.682. The van der Waals surface area contributed by atoms with E-state index >= 15 is 0 Å². The van der Waals surface area contributed by atoms with E-state index in [1.165, 1.54) is 7.11 Å². The number of carbonyl (C=O) groups is 3. The molecule has 1 unspecified atom stereocenters. The molecule has 1 atom stereocenters. The van der Waals surface area contributed by atoms with Gasteiger partial charge in [-0.3, -0.25) is 9.59 Å². The van der Waals surface area contributed by atoms with Gasteiger partial charge in [-0.2, -0.15) is 0 Å². The number of hydrogen-bond donors (Lipinski definition) is 0. The number of ketones is 1. The number of methoxy groups -OCH3 is 1. The third-order valence-corrected chi connectivity index (χ3v) is 5.32. The molecule has 6 nitrogen and oxygen atoms in total. The van der Waals surface area contributed by atoms with Gasteiger partial charge >= 0.3 is 5.97 Å². The van der Waals surface area contributed by atoms with Crippen molar-refractivity contribution >= 4 is 17.7 Å². The number of hydrogen-bond acceptors (Lipinski definition) is 4. The molecule has 0 aliphatic heterocycles. The molecule has 0 fully saturated rings. The number of carbonyl (C=O) groups excluding carboxylic acids is 3. The van der Waals surface area contributed by atoms with Gasteiger partial charge in [0.25, 0.3) is 5.91 Å². The van der Waals surface area contributed by atoms with Crippen molar-refractivity contribution in [2.24, 2.45) is 0 Å². The van der Waals surface area contributed by atoms with Gasteiger partial charge in [-0.25, -0.2) is 4.79 Å². The molecule has 0 bridgehead atoms. The van der Waals surface area contributed by atoms with Crippen LogP contribution in [-0.4, -0.2) is 46.3 Å². The Labute approximate surface area is 172 Å². The average molecular weight is 399 g/mol. The van der Waals surface area contributed by atoms with Crippen molar-refractivity contribution in [1.82, 2.24) is 9.47 Å². The van der Waals surface area contributed by atoms with Gasteiger partial charge in [-0.1, -0.05) is 18.2 Å². The summed E-state index contributed by atoms with van der Waals surface area (Å²) in [6.45, 7) is 11.5. The molecule has 156 valence electrons. The lowest BCUT2D eigenvalue weighted by Crippen LogP contribution is -2.47. The molecule has 1 aromatic carbocycles. The molecule has 1 amide bonds. The molecule has 6 heteroatoms. The van der Waals surface area contributed by atoms with E-state index < -0.39 is 12.0 Å². The van der Waals surface area contributed by atoms with E-state index in [-0.39, 0.29) is 17.7 Å². The summed E-state index contributed by atoms with van der Waals surface area (Å²) in [4.78, 5) is 40.5. The average Bonchev–Trinajstić information content (AvgIpc) is 2.96. The third-order valence-electron chi connectivity index (χ3n) is 5.32. The summed E-state index contributed by atoms with van der Waals surface area (Å²) in [6.07, 6.45) is 0. The van der Waals surface area contributed by atoms with Crippen LogP contribution in [0.3, 0.4) is 0 Å². The number of rotatable bonds is 7. The lowest BCUT2D eigenvalue weighted by Gasteiger charge is -2.32. The summed E-state index contributed by atoms with van der Waals surface area (Å²) in [5, 5.41) is 0. The molecule has 0 saturated heterocycles. The predicted molar refractivity (Wildman–Crippen MR) is 112 cm³/mol. The minimum Gasteiger partial charge on any atom is -0.464 e. The van der Waals surface area contributed by atoms with Crippen molar-refractivity contribution < 1.29 is 19.1 Å². The Bertz CT molecular complexity index is 913. The first-order chi connectivity index (χ1) is 13.7. The molecule has 0 aliphatic carbocycles. The van der Waals surface area contributed by atoms with Crippen molar-refractivity contribution in [2.75, 3.05) is 7.11 Å². The van der Waals surface area contributed by atoms with Gasteiger partial charge in [0.1, 0.15) is 5.69 Å². The van der Waals surface area contributed by atoms with Gasteiger partial charge in [-0.15, -0.1) is 0 Å². The second-order valence-electron chi connectivity index (χ2n) is 7.38. The fraction of sp³-hybridized carbons (Fsp3) is 0.435. The normalized spacial score (nSPS) is 12.0. The second-order valence-corrected chi connectivity index (χ2v) is 7.38. The Hall–Kier alpha value is -2.89. The van der Waals surface area contributed by atoms with Gasteiger partial charge in [0.15, 0.2) is 5.78 Å². The van der Waals surface area contributed by atoms with Crippen LogP contribution in [0.4, 0.5) is 0 Å². The first-order valence-corrected chi connectivity index (χ1v) is 9.87. The zero-order valence-corrected chi connectivity index (χ0v) is 18.3. The van der Waals surface area contributed by atoms with Crippen molar-refractivity contribution in [3.8, 4) is 0 Å². The number of aromatic nitrogens is 1. The van der Waals surface area contributed by atoms with Gasteiger partial charge in [0.2, 0.25) is 0 Å². The maximum atomic E-state index is 13.5. The first kappa shape index (κ1) is 22.4. The molecule has 29 heavy (non-hydrogen) atoms. The Morgan fingerprint density at radius 3 is 2.14 bits per heavy atom. The quantitative estimate of drug-likeness (QED) is 0.522. The van der Waals surface area contributed by atoms with Crippen molar-refractivity contribution in [3.63, 3.8) is 0 Å². The molecule has 0 aliphatic rings. The topological polar surface area (TPSA) is 68.6 Å². The monoisotopic (exact) mass is 398 g/mol. The van der Waals surface area contributed by atoms with E-state index in [9.17, 15) is 14.4 Å². The van der Waals surface area contributed by atoms with Gasteiger partial charge in [0, 0.05) is 29.4 Å². The summed E-state index contributed by atoms with van der Waals surface area (Å²) in [5.74, 6) is -0.851. The summed E-state index contributed by atoms with van der Waals surface area (Å²) in [5.41, 5.74) is 2.69. The fourth-order valence-corrected chi connectivity index (χ4v) is 3.94. The zero-order valence-electron chi connectivity index (χ0n) is 18.3. The predicted octanol–water partition coefficient (Wildman–Crippen LogP) is 4.03. The molecular formula is C23H30N2O4. The van der Waals surface area contributed by atoms with E-state index in [2.05, 4.69) is 0 Å². The Kier molecular flexibility index (Phi) is 7.01. The Balaban J connectivity index is 2.51. The van der Waals surface area contributed by atoms with Crippen LogP contribution in [0.1, 0.15) is 70.2 Å². The lowest BCUT2D eigenvalue weighted by molar-refractivity contribution is 0.0565. The number of ether oxygens (including phenoxy) is 1. The lowest BCUT2D eigenvalue weighted by atomic mass is 9.98. The Morgan fingerprint density at radius 1 is 1.07 bits per heavy atom. The summed E-state index contributed by atoms with van der Waals surface area (Å²) in [7, 11) is 1.33. The molecule has 0 radical (unpaired) electrons. The van der Waals surface area contributed by atoms with Crippen LogP contribution in [0, 0.1) is 13.8 Å². The maximum Gasteiger partial charge on any atom is 0.354 e. The van der Waals surface area contributed by atoms with Crippen LogP contribution in [0.15, 0.2) is 30.3 Å². The highest BCUT2D eigenvalue weighted by Gasteiger charge is 2.34. The van der Waals surface area contributed by atoms with Gasteiger partial charge in [-0.05, 0) is 59.2 Å². The van der Waals surface area contributed by atoms with Gasteiger partial charge < -0.3 is 14.2 Å². The number of esters is 1. The number of benzene rings is 1. The van der Waals surface area contributed by atoms with Gasteiger partial charge in [0.05, 0.1) is 13.2 Å². The molecule has 0 saturated carbocycles. The van der Waals surface area contributed by atoms with E-state index in [0.29, 0.717) is 34.6 Å². The highest BCUT2D eigenvalue weighted by atomic mass is 16.5. The summed E-state index contributed by atoms with van der Waals surface area (Å²) < 4.78 is 6.71. The van der Waals surface area contributed by atoms with Crippen LogP contribution < -0.4 is 0 Å². The van der Waals surface area contributed by atoms with E-state index in [1.807, 2.05) is 33.8 Å². The largest absolute Gasteiger partial charge is 0.464 e. The molecule has 0 N–H and O–H groups in total. The summed E-state index contributed by atoms with van der Waals surface area (Å²) >= 11 is 0. The highest BCUT2D eigenvalue weighted by Crippen LogP contribution is 2.26. The molecule has 2 aromatic rings. The van der Waals surface area contributed by atoms with Crippen molar-refractivity contribution in [2.45, 2.75) is 60.2 Å². The second kappa shape index (κ2) is 9.07. The number of amides is 1. The van der Waals surface area contributed by atoms with Crippen LogP contribution in [0.25, 0.3) is 0 Å². The molecule has 2 rings (SSSR count). The van der Waals surface area contributed by atoms with Crippen molar-refractivity contribution in [3.05, 3.63) is 58.4 Å². The van der Waals surface area contributed by atoms with Crippen LogP contribution in [0.5, 0.6) is 0 Å². The smallest absolute Gasteiger partial charge is 0.354 e. The molecular weight excluding hydrogens is 368 g/mol. The standard InChI is InChI=1S/C23H30N2O4/c1-8-24-16(5)19(15(4)20(24)23(28)29-7)21(26)17(6)25(14(2)3)22(27)18-12-10-9-11-13-18/h9-14,17H,8H2,1-7H3. The molecule has 0 spiro atoms. The molecule has 1 heterocycles. The van der Waals surface area contributed by atoms with E-state index in [0.717, 1.165) is 0 Å². The van der Waals surface area contributed by atoms with E-state index in [1.54, 1.807) is 47.6 Å². The van der Waals surface area contributed by atoms with Crippen LogP contribution >= 0.6 is 0 Å². The van der Waals surface area contributed by atoms with E-state index in [4.69, 9.17) is 4.74 Å². The minimum absolute atomic E-state index is 0.171. The van der Waals surface area contributed by atoms with Crippen LogP contribution in [-0.2, 0) is 11.3 Å². The fourth-order valence-electron chi connectivity index (χ4n) is 3.94. The number of nitrogens with zero attached hydrogens (tertiary/aromatic N) is 2. The summed E-state index contributed by atoms with van der Waals surface area (Å²) in [6, 6.07) is 8.09. The third kappa shape index (κ3) is 4.11. The maximum absolute atomic E-state index is 13.5. The first-order valence-electron chi connectivity index (χ1n) is 9.87. The highest BCUT2D eigenvalue weighted by molar-refractivity contribution is 6.07. The zero-order chi connectivity index (χ0) is 21.9. The van der Waals surface area contributed by atoms with Crippen molar-refractivity contribution in [1.29, 1.82) is 0 Å². The molecule has 1 aromatic heterocycles. The van der Waals surface area contributed by atoms with Crippen LogP contribution in [0.2, 0.25) is 0 Å². The number of Topliss-reactive ketones (excluding diaryl/α,β-unsaturated/α-hetero) is 1. The SMILES string of the molecule is CCn1c(C)c(C(=O)C(C)N(C(=O)c2ccccc2)C(C)C)c(C)c1C(=O)OC.